The average Bonchev–Trinajstić information content (AvgIpc) is 2.10. The Hall–Kier alpha value is -0.130. The SMILES string of the molecule is CCC1(NS(=O)(=O)CCNC(C)C)CCC1. The molecule has 0 radical (unpaired) electrons. The van der Waals surface area contributed by atoms with Crippen LogP contribution >= 0.6 is 0 Å². The lowest BCUT2D eigenvalue weighted by atomic mass is 9.76. The van der Waals surface area contributed by atoms with Gasteiger partial charge in [-0.15, -0.1) is 0 Å². The molecule has 0 bridgehead atoms. The second-order valence-corrected chi connectivity index (χ2v) is 6.86. The largest absolute Gasteiger partial charge is 0.313 e. The summed E-state index contributed by atoms with van der Waals surface area (Å²) in [5.74, 6) is 0.174. The van der Waals surface area contributed by atoms with E-state index in [4.69, 9.17) is 0 Å². The Labute approximate surface area is 99.2 Å². The summed E-state index contributed by atoms with van der Waals surface area (Å²) >= 11 is 0. The summed E-state index contributed by atoms with van der Waals surface area (Å²) in [5.41, 5.74) is -0.128. The van der Waals surface area contributed by atoms with Crippen LogP contribution in [0.3, 0.4) is 0 Å². The van der Waals surface area contributed by atoms with Crippen molar-refractivity contribution in [1.29, 1.82) is 0 Å². The molecule has 1 aliphatic carbocycles. The predicted molar refractivity (Wildman–Crippen MR) is 66.9 cm³/mol. The molecule has 1 saturated carbocycles. The Morgan fingerprint density at radius 2 is 1.94 bits per heavy atom. The predicted octanol–water partition coefficient (Wildman–Crippen LogP) is 1.24. The molecular weight excluding hydrogens is 224 g/mol. The fraction of sp³-hybridized carbons (Fsp3) is 1.00. The Balaban J connectivity index is 2.39. The highest BCUT2D eigenvalue weighted by atomic mass is 32.2. The van der Waals surface area contributed by atoms with Gasteiger partial charge >= 0.3 is 0 Å². The lowest BCUT2D eigenvalue weighted by Gasteiger charge is -2.41. The van der Waals surface area contributed by atoms with Crippen LogP contribution in [0.1, 0.15) is 46.5 Å². The number of hydrogen-bond donors (Lipinski definition) is 2. The molecule has 2 N–H and O–H groups in total. The smallest absolute Gasteiger partial charge is 0.213 e. The van der Waals surface area contributed by atoms with Crippen molar-refractivity contribution < 1.29 is 8.42 Å². The highest BCUT2D eigenvalue weighted by molar-refractivity contribution is 7.89. The van der Waals surface area contributed by atoms with Gasteiger partial charge in [0, 0.05) is 18.1 Å². The maximum absolute atomic E-state index is 11.8. The third-order valence-corrected chi connectivity index (χ3v) is 4.77. The van der Waals surface area contributed by atoms with Crippen LogP contribution in [0.5, 0.6) is 0 Å². The molecule has 0 aliphatic heterocycles. The second kappa shape index (κ2) is 5.47. The molecule has 0 heterocycles. The summed E-state index contributed by atoms with van der Waals surface area (Å²) in [4.78, 5) is 0. The van der Waals surface area contributed by atoms with Crippen molar-refractivity contribution in [3.8, 4) is 0 Å². The molecule has 0 unspecified atom stereocenters. The molecule has 0 spiro atoms. The van der Waals surface area contributed by atoms with E-state index >= 15 is 0 Å². The lowest BCUT2D eigenvalue weighted by molar-refractivity contribution is 0.214. The van der Waals surface area contributed by atoms with Gasteiger partial charge in [-0.2, -0.15) is 0 Å². The first-order valence-corrected chi connectivity index (χ1v) is 7.79. The molecule has 0 aromatic rings. The third-order valence-electron chi connectivity index (χ3n) is 3.28. The van der Waals surface area contributed by atoms with Gasteiger partial charge < -0.3 is 5.32 Å². The molecule has 1 rings (SSSR count). The maximum atomic E-state index is 11.8. The number of sulfonamides is 1. The molecule has 96 valence electrons. The van der Waals surface area contributed by atoms with Crippen LogP contribution < -0.4 is 10.0 Å². The van der Waals surface area contributed by atoms with E-state index in [1.54, 1.807) is 0 Å². The highest BCUT2D eigenvalue weighted by Crippen LogP contribution is 2.35. The zero-order valence-electron chi connectivity index (χ0n) is 10.5. The van der Waals surface area contributed by atoms with Gasteiger partial charge in [-0.05, 0) is 25.7 Å². The summed E-state index contributed by atoms with van der Waals surface area (Å²) in [5, 5.41) is 3.12. The van der Waals surface area contributed by atoms with Gasteiger partial charge in [-0.25, -0.2) is 13.1 Å². The van der Waals surface area contributed by atoms with Crippen molar-refractivity contribution in [2.75, 3.05) is 12.3 Å². The molecule has 5 heteroatoms. The number of hydrogen-bond acceptors (Lipinski definition) is 3. The molecule has 4 nitrogen and oxygen atoms in total. The van der Waals surface area contributed by atoms with E-state index in [0.717, 1.165) is 25.7 Å². The van der Waals surface area contributed by atoms with Gasteiger partial charge in [-0.1, -0.05) is 20.8 Å². The van der Waals surface area contributed by atoms with E-state index in [-0.39, 0.29) is 11.3 Å². The molecule has 16 heavy (non-hydrogen) atoms. The van der Waals surface area contributed by atoms with Crippen LogP contribution in [0.4, 0.5) is 0 Å². The summed E-state index contributed by atoms with van der Waals surface area (Å²) in [7, 11) is -3.12. The summed E-state index contributed by atoms with van der Waals surface area (Å²) in [6, 6.07) is 0.332. The first-order valence-electron chi connectivity index (χ1n) is 6.14. The van der Waals surface area contributed by atoms with Crippen LogP contribution in [-0.2, 0) is 10.0 Å². The van der Waals surface area contributed by atoms with E-state index in [2.05, 4.69) is 10.0 Å². The normalized spacial score (nSPS) is 19.8. The molecule has 0 atom stereocenters. The molecule has 1 aliphatic rings. The van der Waals surface area contributed by atoms with Crippen molar-refractivity contribution >= 4 is 10.0 Å². The van der Waals surface area contributed by atoms with Crippen molar-refractivity contribution in [1.82, 2.24) is 10.0 Å². The zero-order valence-corrected chi connectivity index (χ0v) is 11.4. The lowest BCUT2D eigenvalue weighted by Crippen LogP contribution is -2.54. The van der Waals surface area contributed by atoms with Crippen LogP contribution in [0, 0.1) is 0 Å². The summed E-state index contributed by atoms with van der Waals surface area (Å²) in [6.07, 6.45) is 4.01. The Bertz CT molecular complexity index is 302. The van der Waals surface area contributed by atoms with Crippen molar-refractivity contribution in [2.24, 2.45) is 0 Å². The second-order valence-electron chi connectivity index (χ2n) is 5.02. The van der Waals surface area contributed by atoms with Gasteiger partial charge in [0.1, 0.15) is 0 Å². The summed E-state index contributed by atoms with van der Waals surface area (Å²) in [6.45, 7) is 6.60. The summed E-state index contributed by atoms with van der Waals surface area (Å²) < 4.78 is 26.5. The third kappa shape index (κ3) is 4.03. The molecule has 1 fully saturated rings. The van der Waals surface area contributed by atoms with Gasteiger partial charge in [0.25, 0.3) is 0 Å². The van der Waals surface area contributed by atoms with Gasteiger partial charge in [0.15, 0.2) is 0 Å². The van der Waals surface area contributed by atoms with Crippen LogP contribution in [0.15, 0.2) is 0 Å². The molecular formula is C11H24N2O2S. The zero-order chi connectivity index (χ0) is 12.2. The van der Waals surface area contributed by atoms with E-state index in [1.807, 2.05) is 20.8 Å². The fourth-order valence-electron chi connectivity index (χ4n) is 1.99. The molecule has 0 amide bonds. The van der Waals surface area contributed by atoms with Gasteiger partial charge in [-0.3, -0.25) is 0 Å². The highest BCUT2D eigenvalue weighted by Gasteiger charge is 2.38. The Morgan fingerprint density at radius 1 is 1.31 bits per heavy atom. The molecule has 0 saturated heterocycles. The fourth-order valence-corrected chi connectivity index (χ4v) is 3.49. The Morgan fingerprint density at radius 3 is 2.31 bits per heavy atom. The van der Waals surface area contributed by atoms with Gasteiger partial charge in [0.2, 0.25) is 10.0 Å². The van der Waals surface area contributed by atoms with E-state index in [1.165, 1.54) is 0 Å². The monoisotopic (exact) mass is 248 g/mol. The van der Waals surface area contributed by atoms with Crippen LogP contribution in [-0.4, -0.2) is 32.3 Å². The minimum Gasteiger partial charge on any atom is -0.313 e. The minimum atomic E-state index is -3.12. The van der Waals surface area contributed by atoms with Crippen LogP contribution in [0.25, 0.3) is 0 Å². The standard InChI is InChI=1S/C11H24N2O2S/c1-4-11(6-5-7-11)13-16(14,15)9-8-12-10(2)3/h10,12-13H,4-9H2,1-3H3. The quantitative estimate of drug-likeness (QED) is 0.712. The average molecular weight is 248 g/mol. The van der Waals surface area contributed by atoms with Crippen molar-refractivity contribution in [2.45, 2.75) is 58.0 Å². The van der Waals surface area contributed by atoms with Crippen LogP contribution in [0.2, 0.25) is 0 Å². The van der Waals surface area contributed by atoms with Crippen molar-refractivity contribution in [3.63, 3.8) is 0 Å². The van der Waals surface area contributed by atoms with Crippen molar-refractivity contribution in [3.05, 3.63) is 0 Å². The molecule has 0 aromatic heterocycles. The minimum absolute atomic E-state index is 0.128. The molecule has 0 aromatic carbocycles. The van der Waals surface area contributed by atoms with E-state index in [0.29, 0.717) is 12.6 Å². The van der Waals surface area contributed by atoms with Gasteiger partial charge in [0.05, 0.1) is 5.75 Å². The Kier molecular flexibility index (Phi) is 4.76. The maximum Gasteiger partial charge on any atom is 0.213 e. The first kappa shape index (κ1) is 13.9. The number of rotatable bonds is 7. The van der Waals surface area contributed by atoms with E-state index in [9.17, 15) is 8.42 Å². The van der Waals surface area contributed by atoms with E-state index < -0.39 is 10.0 Å². The number of nitrogens with one attached hydrogen (secondary N) is 2. The topological polar surface area (TPSA) is 58.2 Å². The first-order chi connectivity index (χ1) is 7.39.